The van der Waals surface area contributed by atoms with E-state index in [4.69, 9.17) is 0 Å². The van der Waals surface area contributed by atoms with Crippen LogP contribution < -0.4 is 5.32 Å². The Labute approximate surface area is 187 Å². The molecule has 0 saturated carbocycles. The van der Waals surface area contributed by atoms with Gasteiger partial charge in [0.05, 0.1) is 0 Å². The minimum atomic E-state index is -0.0926. The van der Waals surface area contributed by atoms with E-state index in [0.717, 1.165) is 22.4 Å². The number of aryl methyl sites for hydroxylation is 2. The van der Waals surface area contributed by atoms with E-state index in [1.165, 1.54) is 22.5 Å². The van der Waals surface area contributed by atoms with Crippen molar-refractivity contribution in [2.24, 2.45) is 5.92 Å². The molecule has 3 aromatic rings. The fraction of sp³-hybridized carbons (Fsp3) is 0.320. The van der Waals surface area contributed by atoms with Gasteiger partial charge >= 0.3 is 0 Å². The van der Waals surface area contributed by atoms with Gasteiger partial charge in [0, 0.05) is 42.1 Å². The molecule has 5 nitrogen and oxygen atoms in total. The van der Waals surface area contributed by atoms with E-state index in [1.807, 2.05) is 42.3 Å². The number of aromatic nitrogens is 1. The summed E-state index contributed by atoms with van der Waals surface area (Å²) in [5.41, 5.74) is 4.21. The van der Waals surface area contributed by atoms with E-state index in [1.54, 1.807) is 0 Å². The Hall–Kier alpha value is -2.99. The number of carbonyl (C=O) groups is 2. The van der Waals surface area contributed by atoms with Gasteiger partial charge in [-0.3, -0.25) is 9.59 Å². The molecule has 0 radical (unpaired) electrons. The Kier molecular flexibility index (Phi) is 6.47. The molecule has 1 aliphatic heterocycles. The molecule has 2 amide bonds. The van der Waals surface area contributed by atoms with Crippen molar-refractivity contribution in [1.29, 1.82) is 0 Å². The normalized spacial score (nSPS) is 14.5. The summed E-state index contributed by atoms with van der Waals surface area (Å²) < 4.78 is 0. The van der Waals surface area contributed by atoms with Crippen molar-refractivity contribution in [2.45, 2.75) is 33.1 Å². The van der Waals surface area contributed by atoms with Gasteiger partial charge in [0.25, 0.3) is 5.91 Å². The summed E-state index contributed by atoms with van der Waals surface area (Å²) in [7, 11) is 0. The molecule has 0 aliphatic carbocycles. The predicted molar refractivity (Wildman–Crippen MR) is 125 cm³/mol. The number of nitrogens with zero attached hydrogens (tertiary/aromatic N) is 2. The molecule has 0 spiro atoms. The fourth-order valence-electron chi connectivity index (χ4n) is 4.01. The van der Waals surface area contributed by atoms with Crippen LogP contribution in [0, 0.1) is 19.8 Å². The first-order valence-electron chi connectivity index (χ1n) is 10.7. The van der Waals surface area contributed by atoms with E-state index in [9.17, 15) is 9.59 Å². The molecule has 6 heteroatoms. The van der Waals surface area contributed by atoms with Gasteiger partial charge in [-0.15, -0.1) is 11.3 Å². The number of nitrogens with one attached hydrogen (secondary N) is 1. The summed E-state index contributed by atoms with van der Waals surface area (Å²) in [5, 5.41) is 3.62. The lowest BCUT2D eigenvalue weighted by Gasteiger charge is -2.31. The third kappa shape index (κ3) is 5.20. The fourth-order valence-corrected chi connectivity index (χ4v) is 4.86. The monoisotopic (exact) mass is 433 g/mol. The highest BCUT2D eigenvalue weighted by atomic mass is 32.1. The van der Waals surface area contributed by atoms with E-state index >= 15 is 0 Å². The quantitative estimate of drug-likeness (QED) is 0.626. The molecule has 2 aromatic carbocycles. The van der Waals surface area contributed by atoms with E-state index in [-0.39, 0.29) is 17.7 Å². The Balaban J connectivity index is 1.30. The van der Waals surface area contributed by atoms with Crippen LogP contribution in [0.25, 0.3) is 0 Å². The number of likely N-dealkylation sites (tertiary alicyclic amines) is 1. The smallest absolute Gasteiger partial charge is 0.254 e. The highest BCUT2D eigenvalue weighted by Crippen LogP contribution is 2.25. The van der Waals surface area contributed by atoms with Gasteiger partial charge in [-0.25, -0.2) is 4.98 Å². The largest absolute Gasteiger partial charge is 0.339 e. The summed E-state index contributed by atoms with van der Waals surface area (Å²) in [4.78, 5) is 32.9. The Morgan fingerprint density at radius 2 is 1.87 bits per heavy atom. The molecule has 1 aromatic heterocycles. The number of piperidine rings is 1. The first kappa shape index (κ1) is 21.2. The molecule has 0 unspecified atom stereocenters. The standard InChI is InChI=1S/C25H27N3O2S/c1-17-6-5-8-19(14-17)15-21-16-26-25(31-21)27-23(29)20-10-12-28(13-11-20)24(30)22-9-4-3-7-18(22)2/h3-9,14,16,20H,10-13,15H2,1-2H3,(H,26,27,29). The van der Waals surface area contributed by atoms with Crippen LogP contribution in [0.1, 0.15) is 44.8 Å². The van der Waals surface area contributed by atoms with Crippen LogP contribution in [0.4, 0.5) is 5.13 Å². The summed E-state index contributed by atoms with van der Waals surface area (Å²) >= 11 is 1.52. The summed E-state index contributed by atoms with van der Waals surface area (Å²) in [5.74, 6) is -0.0397. The molecule has 1 saturated heterocycles. The molecule has 31 heavy (non-hydrogen) atoms. The van der Waals surface area contributed by atoms with Crippen molar-refractivity contribution in [2.75, 3.05) is 18.4 Å². The topological polar surface area (TPSA) is 62.3 Å². The molecule has 160 valence electrons. The Morgan fingerprint density at radius 1 is 1.10 bits per heavy atom. The zero-order valence-corrected chi connectivity index (χ0v) is 18.7. The molecule has 0 bridgehead atoms. The SMILES string of the molecule is Cc1cccc(Cc2cnc(NC(=O)C3CCN(C(=O)c4ccccc4C)CC3)s2)c1. The average molecular weight is 434 g/mol. The van der Waals surface area contributed by atoms with Crippen molar-refractivity contribution >= 4 is 28.3 Å². The van der Waals surface area contributed by atoms with Crippen LogP contribution >= 0.6 is 11.3 Å². The van der Waals surface area contributed by atoms with Crippen molar-refractivity contribution in [3.8, 4) is 0 Å². The van der Waals surface area contributed by atoms with Crippen molar-refractivity contribution < 1.29 is 9.59 Å². The Bertz CT molecular complexity index is 1080. The molecular formula is C25H27N3O2S. The second kappa shape index (κ2) is 9.43. The van der Waals surface area contributed by atoms with E-state index < -0.39 is 0 Å². The van der Waals surface area contributed by atoms with Crippen LogP contribution in [0.5, 0.6) is 0 Å². The molecular weight excluding hydrogens is 406 g/mol. The van der Waals surface area contributed by atoms with Gasteiger partial charge in [0.2, 0.25) is 5.91 Å². The number of rotatable bonds is 5. The number of anilines is 1. The molecule has 2 heterocycles. The molecule has 0 atom stereocenters. The van der Waals surface area contributed by atoms with Gasteiger partial charge < -0.3 is 10.2 Å². The van der Waals surface area contributed by atoms with Crippen LogP contribution in [0.15, 0.2) is 54.7 Å². The van der Waals surface area contributed by atoms with Crippen LogP contribution in [-0.2, 0) is 11.2 Å². The highest BCUT2D eigenvalue weighted by molar-refractivity contribution is 7.15. The van der Waals surface area contributed by atoms with Gasteiger partial charge in [-0.1, -0.05) is 48.0 Å². The lowest BCUT2D eigenvalue weighted by Crippen LogP contribution is -2.41. The van der Waals surface area contributed by atoms with E-state index in [2.05, 4.69) is 41.5 Å². The molecule has 1 fully saturated rings. The molecule has 1 aliphatic rings. The third-order valence-corrected chi connectivity index (χ3v) is 6.69. The number of hydrogen-bond acceptors (Lipinski definition) is 4. The third-order valence-electron chi connectivity index (χ3n) is 5.77. The van der Waals surface area contributed by atoms with Gasteiger partial charge in [0.1, 0.15) is 0 Å². The van der Waals surface area contributed by atoms with Gasteiger partial charge in [0.15, 0.2) is 5.13 Å². The minimum Gasteiger partial charge on any atom is -0.339 e. The van der Waals surface area contributed by atoms with E-state index in [0.29, 0.717) is 31.1 Å². The summed E-state index contributed by atoms with van der Waals surface area (Å²) in [6.07, 6.45) is 4.00. The number of thiazole rings is 1. The van der Waals surface area contributed by atoms with Crippen molar-refractivity contribution in [3.63, 3.8) is 0 Å². The number of hydrogen-bond donors (Lipinski definition) is 1. The lowest BCUT2D eigenvalue weighted by molar-refractivity contribution is -0.121. The minimum absolute atomic E-state index is 0.000513. The maximum absolute atomic E-state index is 12.8. The first-order valence-corrected chi connectivity index (χ1v) is 11.5. The maximum Gasteiger partial charge on any atom is 0.254 e. The highest BCUT2D eigenvalue weighted by Gasteiger charge is 2.28. The van der Waals surface area contributed by atoms with Crippen LogP contribution in [-0.4, -0.2) is 34.8 Å². The number of carbonyl (C=O) groups excluding carboxylic acids is 2. The number of benzene rings is 2. The summed E-state index contributed by atoms with van der Waals surface area (Å²) in [6, 6.07) is 16.1. The number of amides is 2. The zero-order chi connectivity index (χ0) is 21.8. The summed E-state index contributed by atoms with van der Waals surface area (Å²) in [6.45, 7) is 5.24. The second-order valence-electron chi connectivity index (χ2n) is 8.17. The Morgan fingerprint density at radius 3 is 2.61 bits per heavy atom. The zero-order valence-electron chi connectivity index (χ0n) is 17.9. The second-order valence-corrected chi connectivity index (χ2v) is 9.28. The van der Waals surface area contributed by atoms with Crippen molar-refractivity contribution in [1.82, 2.24) is 9.88 Å². The predicted octanol–water partition coefficient (Wildman–Crippen LogP) is 4.84. The maximum atomic E-state index is 12.8. The lowest BCUT2D eigenvalue weighted by atomic mass is 9.95. The van der Waals surface area contributed by atoms with Gasteiger partial charge in [-0.05, 0) is 43.9 Å². The van der Waals surface area contributed by atoms with Gasteiger partial charge in [-0.2, -0.15) is 0 Å². The molecule has 1 N–H and O–H groups in total. The molecule has 4 rings (SSSR count). The van der Waals surface area contributed by atoms with Crippen LogP contribution in [0.3, 0.4) is 0 Å². The van der Waals surface area contributed by atoms with Crippen LogP contribution in [0.2, 0.25) is 0 Å². The van der Waals surface area contributed by atoms with Crippen molar-refractivity contribution in [3.05, 3.63) is 81.9 Å². The average Bonchev–Trinajstić information content (AvgIpc) is 3.20. The first-order chi connectivity index (χ1) is 15.0.